The SMILES string of the molecule is O=C(N[C@H]1[C@@H](O)[C@@H](O)O[C@@H](CO)[C@H]1O)c1ccccc1. The molecule has 1 saturated heterocycles. The number of hydrogen-bond donors (Lipinski definition) is 5. The van der Waals surface area contributed by atoms with Gasteiger partial charge in [0.2, 0.25) is 0 Å². The van der Waals surface area contributed by atoms with Gasteiger partial charge in [-0.25, -0.2) is 0 Å². The van der Waals surface area contributed by atoms with Crippen LogP contribution in [-0.4, -0.2) is 63.6 Å². The zero-order valence-electron chi connectivity index (χ0n) is 10.6. The molecular weight excluding hydrogens is 266 g/mol. The molecule has 1 heterocycles. The lowest BCUT2D eigenvalue weighted by Crippen LogP contribution is -2.64. The molecule has 5 atom stereocenters. The van der Waals surface area contributed by atoms with Crippen molar-refractivity contribution in [2.24, 2.45) is 0 Å². The Labute approximate surface area is 115 Å². The van der Waals surface area contributed by atoms with Crippen LogP contribution in [0.5, 0.6) is 0 Å². The Morgan fingerprint density at radius 2 is 1.80 bits per heavy atom. The largest absolute Gasteiger partial charge is 0.394 e. The molecule has 0 saturated carbocycles. The summed E-state index contributed by atoms with van der Waals surface area (Å²) in [4.78, 5) is 12.0. The first-order valence-corrected chi connectivity index (χ1v) is 6.21. The number of aliphatic hydroxyl groups excluding tert-OH is 4. The third-order valence-electron chi connectivity index (χ3n) is 3.24. The Hall–Kier alpha value is -1.51. The van der Waals surface area contributed by atoms with E-state index >= 15 is 0 Å². The molecule has 20 heavy (non-hydrogen) atoms. The highest BCUT2D eigenvalue weighted by Crippen LogP contribution is 2.20. The van der Waals surface area contributed by atoms with Crippen molar-refractivity contribution >= 4 is 5.91 Å². The zero-order valence-corrected chi connectivity index (χ0v) is 10.6. The number of carbonyl (C=O) groups excluding carboxylic acids is 1. The molecule has 110 valence electrons. The molecule has 7 heteroatoms. The molecule has 1 aliphatic rings. The number of ether oxygens (including phenoxy) is 1. The van der Waals surface area contributed by atoms with Gasteiger partial charge >= 0.3 is 0 Å². The molecule has 0 spiro atoms. The minimum absolute atomic E-state index is 0.355. The van der Waals surface area contributed by atoms with Gasteiger partial charge in [-0.1, -0.05) is 18.2 Å². The van der Waals surface area contributed by atoms with E-state index in [2.05, 4.69) is 5.32 Å². The van der Waals surface area contributed by atoms with Crippen LogP contribution in [0.3, 0.4) is 0 Å². The fraction of sp³-hybridized carbons (Fsp3) is 0.462. The highest BCUT2D eigenvalue weighted by atomic mass is 16.6. The topological polar surface area (TPSA) is 119 Å². The van der Waals surface area contributed by atoms with Gasteiger partial charge in [0.25, 0.3) is 5.91 Å². The van der Waals surface area contributed by atoms with E-state index in [0.717, 1.165) is 0 Å². The number of aliphatic hydroxyl groups is 4. The van der Waals surface area contributed by atoms with Gasteiger partial charge < -0.3 is 30.5 Å². The number of rotatable bonds is 3. The van der Waals surface area contributed by atoms with E-state index in [0.29, 0.717) is 5.56 Å². The Balaban J connectivity index is 2.11. The second-order valence-corrected chi connectivity index (χ2v) is 4.59. The van der Waals surface area contributed by atoms with Gasteiger partial charge in [0.05, 0.1) is 12.6 Å². The Morgan fingerprint density at radius 3 is 2.40 bits per heavy atom. The maximum Gasteiger partial charge on any atom is 0.251 e. The highest BCUT2D eigenvalue weighted by molar-refractivity contribution is 5.94. The lowest BCUT2D eigenvalue weighted by Gasteiger charge is -2.40. The number of nitrogens with one attached hydrogen (secondary N) is 1. The first-order valence-electron chi connectivity index (χ1n) is 6.21. The number of carbonyl (C=O) groups is 1. The second kappa shape index (κ2) is 6.29. The molecular formula is C13H17NO6. The summed E-state index contributed by atoms with van der Waals surface area (Å²) in [5.74, 6) is -0.500. The van der Waals surface area contributed by atoms with Gasteiger partial charge in [-0.15, -0.1) is 0 Å². The molecule has 1 amide bonds. The quantitative estimate of drug-likeness (QED) is 0.447. The number of amides is 1. The summed E-state index contributed by atoms with van der Waals surface area (Å²) in [6.45, 7) is -0.539. The molecule has 0 aromatic heterocycles. The van der Waals surface area contributed by atoms with Crippen LogP contribution in [0.4, 0.5) is 0 Å². The molecule has 0 aliphatic carbocycles. The summed E-state index contributed by atoms with van der Waals surface area (Å²) >= 11 is 0. The molecule has 1 aromatic carbocycles. The Morgan fingerprint density at radius 1 is 1.15 bits per heavy atom. The van der Waals surface area contributed by atoms with E-state index in [1.54, 1.807) is 30.3 Å². The normalized spacial score (nSPS) is 33.7. The minimum atomic E-state index is -1.59. The smallest absolute Gasteiger partial charge is 0.251 e. The Bertz CT molecular complexity index is 453. The van der Waals surface area contributed by atoms with Crippen LogP contribution in [0.1, 0.15) is 10.4 Å². The maximum atomic E-state index is 12.0. The van der Waals surface area contributed by atoms with Gasteiger partial charge in [0, 0.05) is 5.56 Å². The van der Waals surface area contributed by atoms with Crippen LogP contribution in [0, 0.1) is 0 Å². The van der Waals surface area contributed by atoms with E-state index in [9.17, 15) is 20.1 Å². The molecule has 2 rings (SSSR count). The summed E-state index contributed by atoms with van der Waals surface area (Å²) in [5, 5.41) is 40.7. The third kappa shape index (κ3) is 2.97. The minimum Gasteiger partial charge on any atom is -0.394 e. The van der Waals surface area contributed by atoms with E-state index in [-0.39, 0.29) is 0 Å². The highest BCUT2D eigenvalue weighted by Gasteiger charge is 2.44. The van der Waals surface area contributed by atoms with Gasteiger partial charge in [-0.2, -0.15) is 0 Å². The molecule has 7 nitrogen and oxygen atoms in total. The summed E-state index contributed by atoms with van der Waals surface area (Å²) in [6, 6.07) is 7.12. The van der Waals surface area contributed by atoms with Crippen LogP contribution in [0.25, 0.3) is 0 Å². The second-order valence-electron chi connectivity index (χ2n) is 4.59. The first kappa shape index (κ1) is 14.9. The van der Waals surface area contributed by atoms with Crippen molar-refractivity contribution < 1.29 is 30.0 Å². The van der Waals surface area contributed by atoms with Crippen LogP contribution >= 0.6 is 0 Å². The first-order chi connectivity index (χ1) is 9.54. The molecule has 1 aliphatic heterocycles. The van der Waals surface area contributed by atoms with Crippen molar-refractivity contribution in [3.8, 4) is 0 Å². The standard InChI is InChI=1S/C13H17NO6/c15-6-8-10(16)9(11(17)13(19)20-8)14-12(18)7-4-2-1-3-5-7/h1-5,8-11,13,15-17,19H,6H2,(H,14,18)/t8-,9+,10+,11+,13-/m0/s1. The van der Waals surface area contributed by atoms with Crippen molar-refractivity contribution in [3.05, 3.63) is 35.9 Å². The average Bonchev–Trinajstić information content (AvgIpc) is 2.48. The van der Waals surface area contributed by atoms with E-state index in [1.807, 2.05) is 0 Å². The van der Waals surface area contributed by atoms with Crippen LogP contribution in [0.15, 0.2) is 30.3 Å². The molecule has 5 N–H and O–H groups in total. The molecule has 1 aromatic rings. The van der Waals surface area contributed by atoms with Crippen LogP contribution < -0.4 is 5.32 Å². The fourth-order valence-electron chi connectivity index (χ4n) is 2.10. The maximum absolute atomic E-state index is 12.0. The van der Waals surface area contributed by atoms with Gasteiger partial charge in [0.15, 0.2) is 6.29 Å². The van der Waals surface area contributed by atoms with Crippen LogP contribution in [0.2, 0.25) is 0 Å². The number of benzene rings is 1. The van der Waals surface area contributed by atoms with E-state index < -0.39 is 43.2 Å². The van der Waals surface area contributed by atoms with Gasteiger partial charge in [-0.05, 0) is 12.1 Å². The van der Waals surface area contributed by atoms with Gasteiger partial charge in [0.1, 0.15) is 18.3 Å². The molecule has 0 radical (unpaired) electrons. The van der Waals surface area contributed by atoms with Crippen molar-refractivity contribution in [2.45, 2.75) is 30.6 Å². The summed E-state index contributed by atoms with van der Waals surface area (Å²) in [7, 11) is 0. The van der Waals surface area contributed by atoms with E-state index in [4.69, 9.17) is 9.84 Å². The summed E-state index contributed by atoms with van der Waals surface area (Å²) in [5.41, 5.74) is 0.355. The summed E-state index contributed by atoms with van der Waals surface area (Å²) < 4.78 is 4.83. The predicted molar refractivity (Wildman–Crippen MR) is 67.7 cm³/mol. The van der Waals surface area contributed by atoms with Crippen molar-refractivity contribution in [2.75, 3.05) is 6.61 Å². The monoisotopic (exact) mass is 283 g/mol. The summed E-state index contributed by atoms with van der Waals surface area (Å²) in [6.07, 6.45) is -5.47. The van der Waals surface area contributed by atoms with E-state index in [1.165, 1.54) is 0 Å². The van der Waals surface area contributed by atoms with Crippen molar-refractivity contribution in [3.63, 3.8) is 0 Å². The Kier molecular flexibility index (Phi) is 4.69. The van der Waals surface area contributed by atoms with Gasteiger partial charge in [-0.3, -0.25) is 4.79 Å². The van der Waals surface area contributed by atoms with Crippen molar-refractivity contribution in [1.82, 2.24) is 5.32 Å². The average molecular weight is 283 g/mol. The lowest BCUT2D eigenvalue weighted by atomic mass is 9.96. The lowest BCUT2D eigenvalue weighted by molar-refractivity contribution is -0.260. The number of hydrogen-bond acceptors (Lipinski definition) is 6. The fourth-order valence-corrected chi connectivity index (χ4v) is 2.10. The predicted octanol–water partition coefficient (Wildman–Crippen LogP) is -1.78. The molecule has 0 unspecified atom stereocenters. The molecule has 0 bridgehead atoms. The van der Waals surface area contributed by atoms with Crippen molar-refractivity contribution in [1.29, 1.82) is 0 Å². The zero-order chi connectivity index (χ0) is 14.7. The molecule has 1 fully saturated rings. The van der Waals surface area contributed by atoms with Crippen LogP contribution in [-0.2, 0) is 4.74 Å². The third-order valence-corrected chi connectivity index (χ3v) is 3.24.